The second kappa shape index (κ2) is 9.23. The highest BCUT2D eigenvalue weighted by Gasteiger charge is 2.16. The Morgan fingerprint density at radius 1 is 1.10 bits per heavy atom. The van der Waals surface area contributed by atoms with Crippen LogP contribution in [0.15, 0.2) is 36.5 Å². The molecule has 0 spiro atoms. The maximum atomic E-state index is 5.27. The summed E-state index contributed by atoms with van der Waals surface area (Å²) in [5, 5.41) is 4.14. The van der Waals surface area contributed by atoms with Crippen LogP contribution in [0.5, 0.6) is 5.75 Å². The zero-order chi connectivity index (χ0) is 20.9. The van der Waals surface area contributed by atoms with Gasteiger partial charge in [-0.05, 0) is 37.7 Å². The van der Waals surface area contributed by atoms with Crippen molar-refractivity contribution >= 4 is 40.3 Å². The molecule has 156 valence electrons. The topological polar surface area (TPSA) is 66.4 Å². The summed E-state index contributed by atoms with van der Waals surface area (Å²) in [5.41, 5.74) is 1.08. The van der Waals surface area contributed by atoms with Gasteiger partial charge in [0.15, 0.2) is 5.13 Å². The molecular formula is C22H26N6OS. The van der Waals surface area contributed by atoms with Crippen LogP contribution in [0.4, 0.5) is 16.8 Å². The number of benzene rings is 1. The van der Waals surface area contributed by atoms with Gasteiger partial charge in [0.25, 0.3) is 0 Å². The number of hydrogen-bond donors (Lipinski definition) is 1. The van der Waals surface area contributed by atoms with Gasteiger partial charge in [-0.25, -0.2) is 15.0 Å². The van der Waals surface area contributed by atoms with Gasteiger partial charge in [0.1, 0.15) is 23.2 Å². The molecule has 1 aliphatic heterocycles. The molecule has 4 rings (SSSR count). The lowest BCUT2D eigenvalue weighted by atomic mass is 10.2. The molecule has 8 heteroatoms. The van der Waals surface area contributed by atoms with E-state index in [9.17, 15) is 0 Å². The average molecular weight is 423 g/mol. The number of likely N-dealkylation sites (N-methyl/N-ethyl adjacent to an activating group) is 1. The molecule has 1 saturated heterocycles. The van der Waals surface area contributed by atoms with Crippen molar-refractivity contribution in [1.82, 2.24) is 19.9 Å². The van der Waals surface area contributed by atoms with Crippen molar-refractivity contribution in [3.63, 3.8) is 0 Å². The monoisotopic (exact) mass is 422 g/mol. The molecule has 0 aliphatic carbocycles. The number of thiazole rings is 1. The molecule has 3 heterocycles. The van der Waals surface area contributed by atoms with E-state index in [1.165, 1.54) is 0 Å². The van der Waals surface area contributed by atoms with Crippen LogP contribution in [0.3, 0.4) is 0 Å². The van der Waals surface area contributed by atoms with Crippen LogP contribution in [0.2, 0.25) is 0 Å². The van der Waals surface area contributed by atoms with E-state index in [-0.39, 0.29) is 0 Å². The number of ether oxygens (including phenoxy) is 1. The molecule has 0 atom stereocenters. The molecule has 1 aliphatic rings. The van der Waals surface area contributed by atoms with Crippen LogP contribution < -0.4 is 15.0 Å². The number of aryl methyl sites for hydroxylation is 1. The van der Waals surface area contributed by atoms with Crippen molar-refractivity contribution in [2.75, 3.05) is 50.6 Å². The highest BCUT2D eigenvalue weighted by Crippen LogP contribution is 2.26. The summed E-state index contributed by atoms with van der Waals surface area (Å²) >= 11 is 1.58. The number of anilines is 3. The smallest absolute Gasteiger partial charge is 0.188 e. The van der Waals surface area contributed by atoms with Crippen LogP contribution in [0.25, 0.3) is 12.2 Å². The van der Waals surface area contributed by atoms with E-state index in [0.29, 0.717) is 0 Å². The zero-order valence-electron chi connectivity index (χ0n) is 17.5. The van der Waals surface area contributed by atoms with Crippen molar-refractivity contribution in [1.29, 1.82) is 0 Å². The van der Waals surface area contributed by atoms with Crippen molar-refractivity contribution in [2.45, 2.75) is 6.92 Å². The molecule has 0 saturated carbocycles. The lowest BCUT2D eigenvalue weighted by Gasteiger charge is -2.33. The third-order valence-corrected chi connectivity index (χ3v) is 5.82. The van der Waals surface area contributed by atoms with E-state index in [1.54, 1.807) is 18.4 Å². The number of methoxy groups -OCH3 is 1. The molecule has 0 radical (unpaired) electrons. The second-order valence-electron chi connectivity index (χ2n) is 7.25. The quantitative estimate of drug-likeness (QED) is 0.646. The average Bonchev–Trinajstić information content (AvgIpc) is 3.20. The standard InChI is InChI=1S/C22H26N6OS/c1-16-24-20(14-21(25-16)28-11-9-27(2)10-12-28)26-22-23-15-19(30-22)8-7-17-5-4-6-18(13-17)29-3/h4-8,13-15H,9-12H2,1-3H3,(H,23,24,25,26)/b8-7+. The van der Waals surface area contributed by atoms with Crippen LogP contribution in [0, 0.1) is 6.92 Å². The first kappa shape index (κ1) is 20.3. The molecule has 1 fully saturated rings. The van der Waals surface area contributed by atoms with E-state index in [0.717, 1.165) is 65.0 Å². The molecule has 1 N–H and O–H groups in total. The molecule has 1 aromatic carbocycles. The summed E-state index contributed by atoms with van der Waals surface area (Å²) in [4.78, 5) is 19.4. The molecular weight excluding hydrogens is 396 g/mol. The predicted octanol–water partition coefficient (Wildman–Crippen LogP) is 3.92. The third-order valence-electron chi connectivity index (χ3n) is 4.94. The van der Waals surface area contributed by atoms with Gasteiger partial charge in [0.05, 0.1) is 7.11 Å². The Balaban J connectivity index is 1.45. The molecule has 30 heavy (non-hydrogen) atoms. The lowest BCUT2D eigenvalue weighted by Crippen LogP contribution is -2.44. The lowest BCUT2D eigenvalue weighted by molar-refractivity contribution is 0.312. The van der Waals surface area contributed by atoms with Gasteiger partial charge in [-0.2, -0.15) is 0 Å². The summed E-state index contributed by atoms with van der Waals surface area (Å²) < 4.78 is 5.27. The predicted molar refractivity (Wildman–Crippen MR) is 124 cm³/mol. The summed E-state index contributed by atoms with van der Waals surface area (Å²) in [6.45, 7) is 5.96. The minimum absolute atomic E-state index is 0.753. The van der Waals surface area contributed by atoms with Crippen molar-refractivity contribution in [3.05, 3.63) is 52.8 Å². The maximum absolute atomic E-state index is 5.27. The fourth-order valence-corrected chi connectivity index (χ4v) is 3.99. The Kier molecular flexibility index (Phi) is 6.25. The van der Waals surface area contributed by atoms with E-state index in [2.05, 4.69) is 49.3 Å². The molecule has 2 aromatic heterocycles. The number of rotatable bonds is 6. The van der Waals surface area contributed by atoms with Gasteiger partial charge >= 0.3 is 0 Å². The van der Waals surface area contributed by atoms with Crippen LogP contribution in [-0.4, -0.2) is 60.2 Å². The Morgan fingerprint density at radius 2 is 1.93 bits per heavy atom. The normalized spacial score (nSPS) is 15.0. The van der Waals surface area contributed by atoms with Crippen LogP contribution >= 0.6 is 11.3 Å². The molecule has 3 aromatic rings. The third kappa shape index (κ3) is 5.14. The first-order chi connectivity index (χ1) is 14.6. The number of nitrogens with zero attached hydrogens (tertiary/aromatic N) is 5. The van der Waals surface area contributed by atoms with Crippen molar-refractivity contribution in [3.8, 4) is 5.75 Å². The Hall–Kier alpha value is -2.97. The minimum atomic E-state index is 0.753. The van der Waals surface area contributed by atoms with E-state index < -0.39 is 0 Å². The van der Waals surface area contributed by atoms with Gasteiger partial charge in [-0.3, -0.25) is 0 Å². The van der Waals surface area contributed by atoms with Crippen molar-refractivity contribution in [2.24, 2.45) is 0 Å². The van der Waals surface area contributed by atoms with Gasteiger partial charge in [0, 0.05) is 43.3 Å². The Morgan fingerprint density at radius 3 is 2.73 bits per heavy atom. The number of nitrogens with one attached hydrogen (secondary N) is 1. The van der Waals surface area contributed by atoms with E-state index in [1.807, 2.05) is 43.5 Å². The highest BCUT2D eigenvalue weighted by atomic mass is 32.1. The summed E-state index contributed by atoms with van der Waals surface area (Å²) in [5.74, 6) is 3.34. The first-order valence-electron chi connectivity index (χ1n) is 9.93. The van der Waals surface area contributed by atoms with Gasteiger partial charge < -0.3 is 19.9 Å². The summed E-state index contributed by atoms with van der Waals surface area (Å²) in [6, 6.07) is 9.97. The molecule has 0 bridgehead atoms. The summed E-state index contributed by atoms with van der Waals surface area (Å²) in [7, 11) is 3.83. The number of aromatic nitrogens is 3. The second-order valence-corrected chi connectivity index (χ2v) is 8.31. The molecule has 7 nitrogen and oxygen atoms in total. The number of hydrogen-bond acceptors (Lipinski definition) is 8. The Labute approximate surface area is 181 Å². The first-order valence-corrected chi connectivity index (χ1v) is 10.7. The fraction of sp³-hybridized carbons (Fsp3) is 0.318. The van der Waals surface area contributed by atoms with Gasteiger partial charge in [-0.15, -0.1) is 0 Å². The van der Waals surface area contributed by atoms with Crippen LogP contribution in [0.1, 0.15) is 16.3 Å². The SMILES string of the molecule is COc1cccc(/C=C/c2cnc(Nc3cc(N4CCN(C)CC4)nc(C)n3)s2)c1. The Bertz CT molecular complexity index is 1030. The highest BCUT2D eigenvalue weighted by molar-refractivity contribution is 7.16. The molecule has 0 amide bonds. The van der Waals surface area contributed by atoms with Crippen LogP contribution in [-0.2, 0) is 0 Å². The zero-order valence-corrected chi connectivity index (χ0v) is 18.3. The van der Waals surface area contributed by atoms with E-state index >= 15 is 0 Å². The summed E-state index contributed by atoms with van der Waals surface area (Å²) in [6.07, 6.45) is 5.97. The van der Waals surface area contributed by atoms with E-state index in [4.69, 9.17) is 4.74 Å². The minimum Gasteiger partial charge on any atom is -0.497 e. The maximum Gasteiger partial charge on any atom is 0.188 e. The molecule has 0 unspecified atom stereocenters. The van der Waals surface area contributed by atoms with Gasteiger partial charge in [0.2, 0.25) is 0 Å². The number of piperazine rings is 1. The van der Waals surface area contributed by atoms with Crippen molar-refractivity contribution < 1.29 is 4.74 Å². The van der Waals surface area contributed by atoms with Gasteiger partial charge in [-0.1, -0.05) is 29.5 Å². The fourth-order valence-electron chi connectivity index (χ4n) is 3.27. The largest absolute Gasteiger partial charge is 0.497 e.